The molecule has 0 saturated heterocycles. The third kappa shape index (κ3) is 15.0. The van der Waals surface area contributed by atoms with Crippen molar-refractivity contribution in [3.63, 3.8) is 0 Å². The third-order valence-electron chi connectivity index (χ3n) is 6.05. The Bertz CT molecular complexity index is 567. The molecule has 0 aliphatic carbocycles. The van der Waals surface area contributed by atoms with Gasteiger partial charge in [0.1, 0.15) is 11.5 Å². The van der Waals surface area contributed by atoms with Crippen molar-refractivity contribution >= 4 is 5.97 Å². The second-order valence-corrected chi connectivity index (χ2v) is 9.07. The van der Waals surface area contributed by atoms with E-state index in [1.165, 1.54) is 83.5 Å². The standard InChI is InChI=1S/C28H48O3/c1-3-5-7-8-9-10-11-12-13-14-15-16-17-18-19-21-28(30)31-27-23-22-26(29)24-25(27)20-6-4-2/h22-24,29H,3-21H2,1-2H3. The second-order valence-electron chi connectivity index (χ2n) is 9.07. The smallest absolute Gasteiger partial charge is 0.311 e. The highest BCUT2D eigenvalue weighted by atomic mass is 16.5. The molecule has 0 bridgehead atoms. The van der Waals surface area contributed by atoms with Gasteiger partial charge in [-0.1, -0.05) is 110 Å². The number of benzene rings is 1. The van der Waals surface area contributed by atoms with E-state index in [0.717, 1.165) is 37.7 Å². The maximum atomic E-state index is 12.2. The zero-order chi connectivity index (χ0) is 22.6. The topological polar surface area (TPSA) is 46.5 Å². The Labute approximate surface area is 192 Å². The number of rotatable bonds is 20. The van der Waals surface area contributed by atoms with Crippen LogP contribution in [-0.4, -0.2) is 11.1 Å². The minimum absolute atomic E-state index is 0.155. The fourth-order valence-electron chi connectivity index (χ4n) is 4.04. The van der Waals surface area contributed by atoms with Gasteiger partial charge in [0.15, 0.2) is 0 Å². The zero-order valence-electron chi connectivity index (χ0n) is 20.4. The van der Waals surface area contributed by atoms with Crippen molar-refractivity contribution in [2.45, 2.75) is 136 Å². The molecule has 0 aliphatic rings. The first-order valence-electron chi connectivity index (χ1n) is 13.2. The summed E-state index contributed by atoms with van der Waals surface area (Å²) in [5.41, 5.74) is 0.923. The summed E-state index contributed by atoms with van der Waals surface area (Å²) in [5.74, 6) is 0.684. The van der Waals surface area contributed by atoms with Gasteiger partial charge in [-0.05, 0) is 43.0 Å². The van der Waals surface area contributed by atoms with Crippen LogP contribution in [0.4, 0.5) is 0 Å². The lowest BCUT2D eigenvalue weighted by atomic mass is 10.0. The maximum absolute atomic E-state index is 12.2. The number of esters is 1. The number of phenolic OH excluding ortho intramolecular Hbond substituents is 1. The van der Waals surface area contributed by atoms with Crippen LogP contribution < -0.4 is 4.74 Å². The summed E-state index contributed by atoms with van der Waals surface area (Å²) in [5, 5.41) is 9.68. The second kappa shape index (κ2) is 19.2. The predicted molar refractivity (Wildman–Crippen MR) is 132 cm³/mol. The number of hydrogen-bond donors (Lipinski definition) is 1. The number of phenols is 1. The molecule has 1 N–H and O–H groups in total. The van der Waals surface area contributed by atoms with Crippen LogP contribution in [-0.2, 0) is 11.2 Å². The molecule has 0 radical (unpaired) electrons. The van der Waals surface area contributed by atoms with E-state index in [0.29, 0.717) is 12.2 Å². The lowest BCUT2D eigenvalue weighted by molar-refractivity contribution is -0.134. The van der Waals surface area contributed by atoms with Crippen molar-refractivity contribution in [2.24, 2.45) is 0 Å². The van der Waals surface area contributed by atoms with Crippen molar-refractivity contribution in [3.8, 4) is 11.5 Å². The van der Waals surface area contributed by atoms with Crippen LogP contribution in [0.15, 0.2) is 18.2 Å². The number of carbonyl (C=O) groups excluding carboxylic acids is 1. The molecule has 0 amide bonds. The number of aromatic hydroxyl groups is 1. The van der Waals surface area contributed by atoms with Gasteiger partial charge >= 0.3 is 5.97 Å². The Morgan fingerprint density at radius 1 is 0.710 bits per heavy atom. The summed E-state index contributed by atoms with van der Waals surface area (Å²) in [6, 6.07) is 5.02. The molecule has 178 valence electrons. The van der Waals surface area contributed by atoms with Crippen LogP contribution >= 0.6 is 0 Å². The number of hydrogen-bond acceptors (Lipinski definition) is 3. The number of ether oxygens (including phenoxy) is 1. The minimum Gasteiger partial charge on any atom is -0.508 e. The highest BCUT2D eigenvalue weighted by Crippen LogP contribution is 2.26. The monoisotopic (exact) mass is 432 g/mol. The Hall–Kier alpha value is -1.51. The Balaban J connectivity index is 1.98. The average molecular weight is 433 g/mol. The van der Waals surface area contributed by atoms with E-state index in [1.807, 2.05) is 0 Å². The molecule has 0 heterocycles. The summed E-state index contributed by atoms with van der Waals surface area (Å²) < 4.78 is 5.57. The molecule has 0 spiro atoms. The van der Waals surface area contributed by atoms with Crippen LogP contribution in [0.25, 0.3) is 0 Å². The van der Waals surface area contributed by atoms with E-state index in [1.54, 1.807) is 18.2 Å². The first-order valence-corrected chi connectivity index (χ1v) is 13.2. The molecule has 0 saturated carbocycles. The van der Waals surface area contributed by atoms with E-state index >= 15 is 0 Å². The molecule has 0 aliphatic heterocycles. The number of unbranched alkanes of at least 4 members (excludes halogenated alkanes) is 15. The normalized spacial score (nSPS) is 11.0. The molecule has 0 atom stereocenters. The Morgan fingerprint density at radius 3 is 1.71 bits per heavy atom. The van der Waals surface area contributed by atoms with Gasteiger partial charge in [0.05, 0.1) is 0 Å². The van der Waals surface area contributed by atoms with Crippen molar-refractivity contribution in [1.29, 1.82) is 0 Å². The molecule has 3 nitrogen and oxygen atoms in total. The summed E-state index contributed by atoms with van der Waals surface area (Å²) in [7, 11) is 0. The van der Waals surface area contributed by atoms with Crippen molar-refractivity contribution in [2.75, 3.05) is 0 Å². The van der Waals surface area contributed by atoms with Crippen LogP contribution in [0, 0.1) is 0 Å². The van der Waals surface area contributed by atoms with Gasteiger partial charge in [-0.2, -0.15) is 0 Å². The molecule has 0 unspecified atom stereocenters. The third-order valence-corrected chi connectivity index (χ3v) is 6.05. The van der Waals surface area contributed by atoms with E-state index in [9.17, 15) is 9.90 Å². The summed E-state index contributed by atoms with van der Waals surface area (Å²) in [4.78, 5) is 12.2. The number of aryl methyl sites for hydroxylation is 1. The van der Waals surface area contributed by atoms with Crippen LogP contribution in [0.2, 0.25) is 0 Å². The first kappa shape index (κ1) is 27.5. The van der Waals surface area contributed by atoms with E-state index in [-0.39, 0.29) is 11.7 Å². The van der Waals surface area contributed by atoms with Gasteiger partial charge in [-0.25, -0.2) is 0 Å². The molecule has 31 heavy (non-hydrogen) atoms. The minimum atomic E-state index is -0.155. The highest BCUT2D eigenvalue weighted by Gasteiger charge is 2.10. The molecule has 3 heteroatoms. The van der Waals surface area contributed by atoms with Crippen LogP contribution in [0.3, 0.4) is 0 Å². The van der Waals surface area contributed by atoms with Crippen LogP contribution in [0.5, 0.6) is 11.5 Å². The van der Waals surface area contributed by atoms with Gasteiger partial charge in [0.25, 0.3) is 0 Å². The van der Waals surface area contributed by atoms with Crippen LogP contribution in [0.1, 0.15) is 135 Å². The summed E-state index contributed by atoms with van der Waals surface area (Å²) in [6.45, 7) is 4.40. The van der Waals surface area contributed by atoms with Crippen molar-refractivity contribution in [3.05, 3.63) is 23.8 Å². The van der Waals surface area contributed by atoms with Gasteiger partial charge in [0, 0.05) is 6.42 Å². The molecule has 1 rings (SSSR count). The lowest BCUT2D eigenvalue weighted by Gasteiger charge is -2.10. The molecule has 1 aromatic carbocycles. The van der Waals surface area contributed by atoms with E-state index < -0.39 is 0 Å². The van der Waals surface area contributed by atoms with Gasteiger partial charge < -0.3 is 9.84 Å². The average Bonchev–Trinajstić information content (AvgIpc) is 2.76. The van der Waals surface area contributed by atoms with E-state index in [4.69, 9.17) is 4.74 Å². The lowest BCUT2D eigenvalue weighted by Crippen LogP contribution is -2.09. The molecular formula is C28H48O3. The maximum Gasteiger partial charge on any atom is 0.311 e. The van der Waals surface area contributed by atoms with Gasteiger partial charge in [0.2, 0.25) is 0 Å². The molecule has 1 aromatic rings. The quantitative estimate of drug-likeness (QED) is 0.127. The Morgan fingerprint density at radius 2 is 1.19 bits per heavy atom. The summed E-state index contributed by atoms with van der Waals surface area (Å²) >= 11 is 0. The molecular weight excluding hydrogens is 384 g/mol. The summed E-state index contributed by atoms with van der Waals surface area (Å²) in [6.07, 6.45) is 23.2. The van der Waals surface area contributed by atoms with E-state index in [2.05, 4.69) is 13.8 Å². The largest absolute Gasteiger partial charge is 0.508 e. The van der Waals surface area contributed by atoms with Gasteiger partial charge in [-0.3, -0.25) is 4.79 Å². The molecule has 0 fully saturated rings. The molecule has 0 aromatic heterocycles. The zero-order valence-corrected chi connectivity index (χ0v) is 20.4. The van der Waals surface area contributed by atoms with Gasteiger partial charge in [-0.15, -0.1) is 0 Å². The first-order chi connectivity index (χ1) is 15.2. The Kier molecular flexibility index (Phi) is 17.0. The van der Waals surface area contributed by atoms with Crippen molar-refractivity contribution < 1.29 is 14.6 Å². The highest BCUT2D eigenvalue weighted by molar-refractivity contribution is 5.72. The van der Waals surface area contributed by atoms with Crippen molar-refractivity contribution in [1.82, 2.24) is 0 Å². The fourth-order valence-corrected chi connectivity index (χ4v) is 4.04. The number of carbonyl (C=O) groups is 1. The predicted octanol–water partition coefficient (Wildman–Crippen LogP) is 8.90. The fraction of sp³-hybridized carbons (Fsp3) is 0.750. The SMILES string of the molecule is CCCCCCCCCCCCCCCCCC(=O)Oc1ccc(O)cc1CCCC.